The number of likely N-dealkylation sites (N-methyl/N-ethyl adjacent to an activating group) is 1. The van der Waals surface area contributed by atoms with Crippen molar-refractivity contribution in [3.63, 3.8) is 0 Å². The van der Waals surface area contributed by atoms with Crippen LogP contribution in [0.4, 0.5) is 0 Å². The summed E-state index contributed by atoms with van der Waals surface area (Å²) in [6.07, 6.45) is -0.449. The Hall–Kier alpha value is -0.940. The van der Waals surface area contributed by atoms with Crippen molar-refractivity contribution in [2.75, 3.05) is 33.8 Å². The van der Waals surface area contributed by atoms with Crippen molar-refractivity contribution in [1.29, 1.82) is 0 Å². The maximum atomic E-state index is 9.84. The Morgan fingerprint density at radius 1 is 1.28 bits per heavy atom. The molecule has 0 spiro atoms. The monoisotopic (exact) mass is 252 g/mol. The number of aliphatic hydroxyl groups excluding tert-OH is 2. The molecule has 0 saturated carbocycles. The lowest BCUT2D eigenvalue weighted by Crippen LogP contribution is -2.47. The molecule has 1 aromatic rings. The topological polar surface area (TPSA) is 55.7 Å². The maximum Gasteiger partial charge on any atom is 0.0791 e. The van der Waals surface area contributed by atoms with Crippen LogP contribution in [-0.2, 0) is 5.54 Å². The Morgan fingerprint density at radius 3 is 2.39 bits per heavy atom. The van der Waals surface area contributed by atoms with Gasteiger partial charge in [0.25, 0.3) is 0 Å². The van der Waals surface area contributed by atoms with Crippen molar-refractivity contribution in [3.05, 3.63) is 35.9 Å². The van der Waals surface area contributed by atoms with E-state index in [1.54, 1.807) is 0 Å². The van der Waals surface area contributed by atoms with Crippen molar-refractivity contribution in [2.24, 2.45) is 0 Å². The van der Waals surface area contributed by atoms with Gasteiger partial charge in [-0.2, -0.15) is 0 Å². The molecule has 0 heterocycles. The highest BCUT2D eigenvalue weighted by molar-refractivity contribution is 5.23. The van der Waals surface area contributed by atoms with E-state index in [1.807, 2.05) is 56.3 Å². The first-order valence-electron chi connectivity index (χ1n) is 6.22. The van der Waals surface area contributed by atoms with Crippen molar-refractivity contribution >= 4 is 0 Å². The molecule has 0 fully saturated rings. The first kappa shape index (κ1) is 15.1. The fraction of sp³-hybridized carbons (Fsp3) is 0.571. The summed E-state index contributed by atoms with van der Waals surface area (Å²) in [5, 5.41) is 22.7. The Labute approximate surface area is 109 Å². The Bertz CT molecular complexity index is 343. The fourth-order valence-electron chi connectivity index (χ4n) is 1.88. The molecule has 2 atom stereocenters. The highest BCUT2D eigenvalue weighted by Gasteiger charge is 2.25. The summed E-state index contributed by atoms with van der Waals surface area (Å²) in [6, 6.07) is 9.79. The molecule has 1 rings (SSSR count). The van der Waals surface area contributed by atoms with E-state index in [0.29, 0.717) is 13.1 Å². The average molecular weight is 252 g/mol. The molecule has 4 heteroatoms. The summed E-state index contributed by atoms with van der Waals surface area (Å²) in [5.41, 5.74) is 0.499. The van der Waals surface area contributed by atoms with E-state index in [1.165, 1.54) is 0 Å². The van der Waals surface area contributed by atoms with E-state index in [4.69, 9.17) is 0 Å². The van der Waals surface area contributed by atoms with Gasteiger partial charge >= 0.3 is 0 Å². The largest absolute Gasteiger partial charge is 0.394 e. The molecular weight excluding hydrogens is 228 g/mol. The third-order valence-corrected chi connectivity index (χ3v) is 3.03. The van der Waals surface area contributed by atoms with Crippen LogP contribution in [0.3, 0.4) is 0 Å². The molecule has 0 aliphatic carbocycles. The molecule has 3 N–H and O–H groups in total. The summed E-state index contributed by atoms with van der Waals surface area (Å²) in [7, 11) is 3.84. The van der Waals surface area contributed by atoms with E-state index < -0.39 is 11.6 Å². The second-order valence-electron chi connectivity index (χ2n) is 5.15. The second kappa shape index (κ2) is 6.85. The molecular formula is C14H24N2O2. The fourth-order valence-corrected chi connectivity index (χ4v) is 1.88. The number of hydrogen-bond donors (Lipinski definition) is 3. The van der Waals surface area contributed by atoms with Gasteiger partial charge in [-0.05, 0) is 26.6 Å². The third-order valence-electron chi connectivity index (χ3n) is 3.03. The maximum absolute atomic E-state index is 9.84. The summed E-state index contributed by atoms with van der Waals surface area (Å²) in [4.78, 5) is 1.94. The van der Waals surface area contributed by atoms with Gasteiger partial charge in [0.15, 0.2) is 0 Å². The van der Waals surface area contributed by atoms with Gasteiger partial charge in [0.05, 0.1) is 18.2 Å². The van der Waals surface area contributed by atoms with Crippen LogP contribution in [0.25, 0.3) is 0 Å². The van der Waals surface area contributed by atoms with Crippen LogP contribution >= 0.6 is 0 Å². The highest BCUT2D eigenvalue weighted by atomic mass is 16.3. The van der Waals surface area contributed by atoms with E-state index in [9.17, 15) is 10.2 Å². The number of aliphatic hydroxyl groups is 2. The van der Waals surface area contributed by atoms with Gasteiger partial charge in [0, 0.05) is 13.1 Å². The molecule has 0 bridgehead atoms. The average Bonchev–Trinajstić information content (AvgIpc) is 2.36. The lowest BCUT2D eigenvalue weighted by Gasteiger charge is -2.31. The summed E-state index contributed by atoms with van der Waals surface area (Å²) >= 11 is 0. The van der Waals surface area contributed by atoms with Crippen LogP contribution in [0.5, 0.6) is 0 Å². The lowest BCUT2D eigenvalue weighted by molar-refractivity contribution is 0.107. The molecule has 0 amide bonds. The van der Waals surface area contributed by atoms with E-state index in [-0.39, 0.29) is 6.61 Å². The number of nitrogens with zero attached hydrogens (tertiary/aromatic N) is 1. The van der Waals surface area contributed by atoms with Gasteiger partial charge in [-0.25, -0.2) is 0 Å². The highest BCUT2D eigenvalue weighted by Crippen LogP contribution is 2.19. The molecule has 0 saturated heterocycles. The van der Waals surface area contributed by atoms with Crippen molar-refractivity contribution in [3.8, 4) is 0 Å². The minimum atomic E-state index is -0.519. The van der Waals surface area contributed by atoms with E-state index >= 15 is 0 Å². The van der Waals surface area contributed by atoms with Crippen LogP contribution in [0.2, 0.25) is 0 Å². The predicted octanol–water partition coefficient (Wildman–Crippen LogP) is 0.406. The molecule has 0 aliphatic heterocycles. The lowest BCUT2D eigenvalue weighted by atomic mass is 9.93. The zero-order valence-electron chi connectivity index (χ0n) is 11.4. The summed E-state index contributed by atoms with van der Waals surface area (Å²) < 4.78 is 0. The number of hydrogen-bond acceptors (Lipinski definition) is 4. The van der Waals surface area contributed by atoms with Crippen LogP contribution in [0.15, 0.2) is 30.3 Å². The first-order chi connectivity index (χ1) is 8.48. The zero-order chi connectivity index (χ0) is 13.6. The quantitative estimate of drug-likeness (QED) is 0.658. The molecule has 18 heavy (non-hydrogen) atoms. The Balaban J connectivity index is 2.61. The van der Waals surface area contributed by atoms with E-state index in [2.05, 4.69) is 5.32 Å². The third kappa shape index (κ3) is 4.38. The molecule has 0 radical (unpaired) electrons. The number of nitrogens with one attached hydrogen (secondary N) is 1. The van der Waals surface area contributed by atoms with Crippen LogP contribution in [0, 0.1) is 0 Å². The Kier molecular flexibility index (Phi) is 5.75. The number of benzene rings is 1. The second-order valence-corrected chi connectivity index (χ2v) is 5.15. The minimum absolute atomic E-state index is 0.00824. The number of rotatable bonds is 7. The molecule has 1 aromatic carbocycles. The summed E-state index contributed by atoms with van der Waals surface area (Å²) in [5.74, 6) is 0. The van der Waals surface area contributed by atoms with Gasteiger partial charge in [0.2, 0.25) is 0 Å². The minimum Gasteiger partial charge on any atom is -0.394 e. The van der Waals surface area contributed by atoms with Crippen LogP contribution < -0.4 is 5.32 Å². The Morgan fingerprint density at radius 2 is 1.89 bits per heavy atom. The van der Waals surface area contributed by atoms with Gasteiger partial charge in [-0.1, -0.05) is 30.3 Å². The molecule has 0 aromatic heterocycles. The molecule has 4 nitrogen and oxygen atoms in total. The summed E-state index contributed by atoms with van der Waals surface area (Å²) in [6.45, 7) is 2.98. The van der Waals surface area contributed by atoms with E-state index in [0.717, 1.165) is 5.56 Å². The molecule has 0 aliphatic rings. The zero-order valence-corrected chi connectivity index (χ0v) is 11.4. The van der Waals surface area contributed by atoms with Gasteiger partial charge in [0.1, 0.15) is 0 Å². The first-order valence-corrected chi connectivity index (χ1v) is 6.22. The van der Waals surface area contributed by atoms with Gasteiger partial charge in [-0.3, -0.25) is 0 Å². The SMILES string of the molecule is CN(C)CC(O)CNC(C)(CO)c1ccccc1. The molecule has 2 unspecified atom stereocenters. The van der Waals surface area contributed by atoms with Gasteiger partial charge in [-0.15, -0.1) is 0 Å². The van der Waals surface area contributed by atoms with Crippen molar-refractivity contribution in [2.45, 2.75) is 18.6 Å². The van der Waals surface area contributed by atoms with Gasteiger partial charge < -0.3 is 20.4 Å². The van der Waals surface area contributed by atoms with Crippen LogP contribution in [-0.4, -0.2) is 55.0 Å². The standard InChI is InChI=1S/C14H24N2O2/c1-14(11-17,12-7-5-4-6-8-12)15-9-13(18)10-16(2)3/h4-8,13,15,17-18H,9-11H2,1-3H3. The predicted molar refractivity (Wildman–Crippen MR) is 73.4 cm³/mol. The molecule has 102 valence electrons. The smallest absolute Gasteiger partial charge is 0.0791 e. The van der Waals surface area contributed by atoms with Crippen molar-refractivity contribution < 1.29 is 10.2 Å². The normalized spacial score (nSPS) is 16.6. The van der Waals surface area contributed by atoms with Crippen LogP contribution in [0.1, 0.15) is 12.5 Å². The van der Waals surface area contributed by atoms with Crippen molar-refractivity contribution in [1.82, 2.24) is 10.2 Å².